The molecule has 2 aromatic heterocycles. The Morgan fingerprint density at radius 3 is 2.83 bits per heavy atom. The van der Waals surface area contributed by atoms with Gasteiger partial charge in [0.15, 0.2) is 0 Å². The molecule has 0 aliphatic carbocycles. The summed E-state index contributed by atoms with van der Waals surface area (Å²) in [7, 11) is 0. The maximum atomic E-state index is 5.63. The molecular formula is C11H17N5OS. The summed E-state index contributed by atoms with van der Waals surface area (Å²) < 4.78 is 9.59. The second-order valence-corrected chi connectivity index (χ2v) is 5.00. The van der Waals surface area contributed by atoms with Crippen molar-refractivity contribution in [2.75, 3.05) is 13.1 Å². The molecule has 0 radical (unpaired) electrons. The third-order valence-electron chi connectivity index (χ3n) is 2.49. The van der Waals surface area contributed by atoms with E-state index in [-0.39, 0.29) is 0 Å². The molecule has 18 heavy (non-hydrogen) atoms. The molecule has 2 rings (SSSR count). The number of aromatic nitrogens is 4. The number of hydrogen-bond donors (Lipinski definition) is 1. The van der Waals surface area contributed by atoms with Crippen molar-refractivity contribution in [1.82, 2.24) is 25.1 Å². The highest BCUT2D eigenvalue weighted by molar-refractivity contribution is 7.09. The highest BCUT2D eigenvalue weighted by Crippen LogP contribution is 2.29. The molecule has 0 atom stereocenters. The molecule has 2 aromatic rings. The molecule has 1 N–H and O–H groups in total. The molecule has 0 saturated heterocycles. The Labute approximate surface area is 110 Å². The van der Waals surface area contributed by atoms with E-state index in [1.54, 1.807) is 0 Å². The van der Waals surface area contributed by atoms with E-state index in [4.69, 9.17) is 4.42 Å². The molecule has 7 heteroatoms. The first-order valence-electron chi connectivity index (χ1n) is 6.08. The molecule has 0 unspecified atom stereocenters. The van der Waals surface area contributed by atoms with Crippen LogP contribution in [0.1, 0.15) is 38.3 Å². The van der Waals surface area contributed by atoms with Crippen molar-refractivity contribution in [3.05, 3.63) is 11.6 Å². The standard InChI is InChI=1S/C11H17N5OS/c1-4-12-6-5-8-13-15-11(17-8)10-9(7(2)3)14-16-18-10/h7,12H,4-6H2,1-3H3. The van der Waals surface area contributed by atoms with Crippen molar-refractivity contribution < 1.29 is 4.42 Å². The molecule has 98 valence electrons. The Balaban J connectivity index is 2.11. The van der Waals surface area contributed by atoms with Gasteiger partial charge in [-0.3, -0.25) is 0 Å². The molecule has 0 bridgehead atoms. The Morgan fingerprint density at radius 1 is 1.28 bits per heavy atom. The van der Waals surface area contributed by atoms with Crippen molar-refractivity contribution in [1.29, 1.82) is 0 Å². The fourth-order valence-corrected chi connectivity index (χ4v) is 2.28. The van der Waals surface area contributed by atoms with Crippen molar-refractivity contribution in [3.8, 4) is 10.8 Å². The largest absolute Gasteiger partial charge is 0.420 e. The van der Waals surface area contributed by atoms with E-state index < -0.39 is 0 Å². The van der Waals surface area contributed by atoms with Crippen LogP contribution in [0.25, 0.3) is 10.8 Å². The summed E-state index contributed by atoms with van der Waals surface area (Å²) in [5.74, 6) is 1.48. The van der Waals surface area contributed by atoms with Crippen LogP contribution in [-0.4, -0.2) is 32.9 Å². The van der Waals surface area contributed by atoms with Crippen molar-refractivity contribution in [3.63, 3.8) is 0 Å². The average Bonchev–Trinajstić information content (AvgIpc) is 2.96. The summed E-state index contributed by atoms with van der Waals surface area (Å²) in [6.07, 6.45) is 0.740. The van der Waals surface area contributed by atoms with Crippen molar-refractivity contribution in [2.45, 2.75) is 33.1 Å². The third kappa shape index (κ3) is 2.91. The van der Waals surface area contributed by atoms with E-state index in [1.807, 2.05) is 0 Å². The van der Waals surface area contributed by atoms with Crippen LogP contribution in [0.5, 0.6) is 0 Å². The van der Waals surface area contributed by atoms with E-state index >= 15 is 0 Å². The van der Waals surface area contributed by atoms with Crippen LogP contribution in [0, 0.1) is 0 Å². The minimum atomic E-state index is 0.302. The highest BCUT2D eigenvalue weighted by Gasteiger charge is 2.18. The van der Waals surface area contributed by atoms with Gasteiger partial charge in [-0.05, 0) is 24.0 Å². The maximum absolute atomic E-state index is 5.63. The molecule has 0 amide bonds. The molecular weight excluding hydrogens is 250 g/mol. The van der Waals surface area contributed by atoms with Gasteiger partial charge in [-0.2, -0.15) is 0 Å². The number of rotatable bonds is 6. The van der Waals surface area contributed by atoms with Crippen LogP contribution in [0.15, 0.2) is 4.42 Å². The lowest BCUT2D eigenvalue weighted by molar-refractivity contribution is 0.496. The van der Waals surface area contributed by atoms with Gasteiger partial charge >= 0.3 is 0 Å². The van der Waals surface area contributed by atoms with Gasteiger partial charge in [-0.25, -0.2) is 0 Å². The Kier molecular flexibility index (Phi) is 4.38. The van der Waals surface area contributed by atoms with E-state index in [9.17, 15) is 0 Å². The fourth-order valence-electron chi connectivity index (χ4n) is 1.54. The van der Waals surface area contributed by atoms with Crippen LogP contribution >= 0.6 is 11.5 Å². The molecule has 0 aliphatic heterocycles. The first-order chi connectivity index (χ1) is 8.72. The van der Waals surface area contributed by atoms with Crippen LogP contribution in [0.3, 0.4) is 0 Å². The highest BCUT2D eigenvalue weighted by atomic mass is 32.1. The monoisotopic (exact) mass is 267 g/mol. The second-order valence-electron chi connectivity index (χ2n) is 4.25. The van der Waals surface area contributed by atoms with Crippen LogP contribution < -0.4 is 5.32 Å². The van der Waals surface area contributed by atoms with Gasteiger partial charge in [-0.1, -0.05) is 25.3 Å². The first-order valence-corrected chi connectivity index (χ1v) is 6.85. The van der Waals surface area contributed by atoms with Gasteiger partial charge in [0, 0.05) is 13.0 Å². The molecule has 0 saturated carbocycles. The minimum Gasteiger partial charge on any atom is -0.420 e. The van der Waals surface area contributed by atoms with Crippen LogP contribution in [0.2, 0.25) is 0 Å². The van der Waals surface area contributed by atoms with Crippen molar-refractivity contribution in [2.24, 2.45) is 0 Å². The number of hydrogen-bond acceptors (Lipinski definition) is 7. The van der Waals surface area contributed by atoms with Gasteiger partial charge in [-0.15, -0.1) is 15.3 Å². The third-order valence-corrected chi connectivity index (χ3v) is 3.22. The molecule has 6 nitrogen and oxygen atoms in total. The minimum absolute atomic E-state index is 0.302. The van der Waals surface area contributed by atoms with Gasteiger partial charge < -0.3 is 9.73 Å². The average molecular weight is 267 g/mol. The van der Waals surface area contributed by atoms with Gasteiger partial charge in [0.1, 0.15) is 4.88 Å². The molecule has 0 spiro atoms. The summed E-state index contributed by atoms with van der Waals surface area (Å²) in [5.41, 5.74) is 0.918. The lowest BCUT2D eigenvalue weighted by Crippen LogP contribution is -2.16. The summed E-state index contributed by atoms with van der Waals surface area (Å²) in [6, 6.07) is 0. The van der Waals surface area contributed by atoms with E-state index in [2.05, 4.69) is 45.9 Å². The van der Waals surface area contributed by atoms with E-state index in [0.717, 1.165) is 30.1 Å². The fraction of sp³-hybridized carbons (Fsp3) is 0.636. The van der Waals surface area contributed by atoms with E-state index in [1.165, 1.54) is 11.5 Å². The second kappa shape index (κ2) is 6.01. The van der Waals surface area contributed by atoms with Gasteiger partial charge in [0.25, 0.3) is 5.89 Å². The lowest BCUT2D eigenvalue weighted by atomic mass is 10.1. The number of likely N-dealkylation sites (N-methyl/N-ethyl adjacent to an activating group) is 1. The topological polar surface area (TPSA) is 76.7 Å². The Hall–Kier alpha value is -1.34. The zero-order valence-corrected chi connectivity index (χ0v) is 11.6. The maximum Gasteiger partial charge on any atom is 0.261 e. The van der Waals surface area contributed by atoms with Crippen LogP contribution in [0.4, 0.5) is 0 Å². The normalized spacial score (nSPS) is 11.3. The zero-order chi connectivity index (χ0) is 13.0. The molecule has 0 fully saturated rings. The van der Waals surface area contributed by atoms with Crippen LogP contribution in [-0.2, 0) is 6.42 Å². The first kappa shape index (κ1) is 13.1. The Morgan fingerprint density at radius 2 is 2.11 bits per heavy atom. The van der Waals surface area contributed by atoms with Gasteiger partial charge in [0.2, 0.25) is 5.89 Å². The summed E-state index contributed by atoms with van der Waals surface area (Å²) in [4.78, 5) is 0.882. The van der Waals surface area contributed by atoms with E-state index in [0.29, 0.717) is 17.7 Å². The van der Waals surface area contributed by atoms with Gasteiger partial charge in [0.05, 0.1) is 5.69 Å². The molecule has 0 aromatic carbocycles. The molecule has 2 heterocycles. The number of nitrogens with one attached hydrogen (secondary N) is 1. The summed E-state index contributed by atoms with van der Waals surface area (Å²) in [5, 5.41) is 15.4. The summed E-state index contributed by atoms with van der Waals surface area (Å²) >= 11 is 1.30. The Bertz CT molecular complexity index is 493. The predicted molar refractivity (Wildman–Crippen MR) is 69.5 cm³/mol. The smallest absolute Gasteiger partial charge is 0.261 e. The predicted octanol–water partition coefficient (Wildman–Crippen LogP) is 1.86. The van der Waals surface area contributed by atoms with Crippen molar-refractivity contribution >= 4 is 11.5 Å². The summed E-state index contributed by atoms with van der Waals surface area (Å²) in [6.45, 7) is 8.00. The zero-order valence-electron chi connectivity index (χ0n) is 10.8. The quantitative estimate of drug-likeness (QED) is 0.805. The SMILES string of the molecule is CCNCCc1nnc(-c2snnc2C(C)C)o1. The molecule has 0 aliphatic rings. The number of nitrogens with zero attached hydrogens (tertiary/aromatic N) is 4. The lowest BCUT2D eigenvalue weighted by Gasteiger charge is -1.99.